The van der Waals surface area contributed by atoms with Gasteiger partial charge in [-0.15, -0.1) is 0 Å². The zero-order valence-electron chi connectivity index (χ0n) is 18.4. The highest BCUT2D eigenvalue weighted by Gasteiger charge is 2.33. The Bertz CT molecular complexity index is 999. The quantitative estimate of drug-likeness (QED) is 0.790. The molecule has 2 saturated heterocycles. The van der Waals surface area contributed by atoms with Gasteiger partial charge in [-0.1, -0.05) is 0 Å². The van der Waals surface area contributed by atoms with Crippen LogP contribution in [0.1, 0.15) is 44.1 Å². The minimum absolute atomic E-state index is 0.187. The number of fused-ring (bicyclic) bond motifs is 1. The highest BCUT2D eigenvalue weighted by molar-refractivity contribution is 5.89. The molecule has 5 rings (SSSR count). The first-order chi connectivity index (χ1) is 15.7. The van der Waals surface area contributed by atoms with Crippen LogP contribution in [0, 0.1) is 11.3 Å². The molecule has 3 fully saturated rings. The predicted octanol–water partition coefficient (Wildman–Crippen LogP) is 2.55. The zero-order valence-corrected chi connectivity index (χ0v) is 18.4. The Morgan fingerprint density at radius 2 is 1.91 bits per heavy atom. The molecule has 0 radical (unpaired) electrons. The van der Waals surface area contributed by atoms with Gasteiger partial charge in [0.05, 0.1) is 17.1 Å². The largest absolute Gasteiger partial charge is 0.368 e. The van der Waals surface area contributed by atoms with Gasteiger partial charge in [-0.2, -0.15) is 5.26 Å². The van der Waals surface area contributed by atoms with Crippen molar-refractivity contribution in [1.29, 1.82) is 5.26 Å². The molecule has 0 spiro atoms. The summed E-state index contributed by atoms with van der Waals surface area (Å²) in [5.74, 6) is 1.00. The van der Waals surface area contributed by atoms with Gasteiger partial charge in [-0.25, -0.2) is 9.97 Å². The van der Waals surface area contributed by atoms with Gasteiger partial charge in [0.2, 0.25) is 0 Å². The van der Waals surface area contributed by atoms with E-state index in [-0.39, 0.29) is 12.0 Å². The second kappa shape index (κ2) is 9.39. The SMILES string of the molecule is N#Cc1ccc2ncnc(NC3CCC(N4CCN(C(=O)[C@@H]5CCCO5)CC4)CC3)c2c1. The normalized spacial score (nSPS) is 26.7. The van der Waals surface area contributed by atoms with Gasteiger partial charge in [0.15, 0.2) is 0 Å². The molecule has 1 atom stereocenters. The summed E-state index contributed by atoms with van der Waals surface area (Å²) < 4.78 is 5.57. The first-order valence-corrected chi connectivity index (χ1v) is 11.8. The number of benzene rings is 1. The molecule has 8 nitrogen and oxygen atoms in total. The molecule has 0 bridgehead atoms. The van der Waals surface area contributed by atoms with E-state index in [1.54, 1.807) is 12.4 Å². The van der Waals surface area contributed by atoms with Crippen LogP contribution in [-0.2, 0) is 9.53 Å². The van der Waals surface area contributed by atoms with Crippen LogP contribution in [0.15, 0.2) is 24.5 Å². The molecule has 1 aromatic carbocycles. The van der Waals surface area contributed by atoms with Crippen molar-refractivity contribution in [3.63, 3.8) is 0 Å². The highest BCUT2D eigenvalue weighted by Crippen LogP contribution is 2.28. The zero-order chi connectivity index (χ0) is 21.9. The van der Waals surface area contributed by atoms with E-state index in [0.717, 1.165) is 88.0 Å². The fourth-order valence-corrected chi connectivity index (χ4v) is 5.30. The van der Waals surface area contributed by atoms with Crippen LogP contribution in [0.25, 0.3) is 10.9 Å². The third-order valence-corrected chi connectivity index (χ3v) is 7.15. The average Bonchev–Trinajstić information content (AvgIpc) is 3.39. The van der Waals surface area contributed by atoms with Crippen LogP contribution in [0.2, 0.25) is 0 Å². The van der Waals surface area contributed by atoms with Crippen LogP contribution in [0.5, 0.6) is 0 Å². The van der Waals surface area contributed by atoms with Gasteiger partial charge in [0, 0.05) is 50.3 Å². The summed E-state index contributed by atoms with van der Waals surface area (Å²) in [4.78, 5) is 25.9. The van der Waals surface area contributed by atoms with Crippen LogP contribution in [0.4, 0.5) is 5.82 Å². The molecule has 1 amide bonds. The van der Waals surface area contributed by atoms with E-state index in [9.17, 15) is 10.1 Å². The summed E-state index contributed by atoms with van der Waals surface area (Å²) in [7, 11) is 0. The molecule has 168 valence electrons. The van der Waals surface area contributed by atoms with Gasteiger partial charge in [0.25, 0.3) is 5.91 Å². The number of anilines is 1. The van der Waals surface area contributed by atoms with E-state index < -0.39 is 0 Å². The van der Waals surface area contributed by atoms with Crippen molar-refractivity contribution in [2.45, 2.75) is 56.7 Å². The van der Waals surface area contributed by atoms with Gasteiger partial charge >= 0.3 is 0 Å². The van der Waals surface area contributed by atoms with E-state index in [4.69, 9.17) is 4.74 Å². The van der Waals surface area contributed by atoms with Gasteiger partial charge < -0.3 is 15.0 Å². The molecule has 2 aromatic rings. The fourth-order valence-electron chi connectivity index (χ4n) is 5.30. The van der Waals surface area contributed by atoms with Crippen molar-refractivity contribution in [2.24, 2.45) is 0 Å². The summed E-state index contributed by atoms with van der Waals surface area (Å²) in [6, 6.07) is 8.68. The lowest BCUT2D eigenvalue weighted by molar-refractivity contribution is -0.143. The van der Waals surface area contributed by atoms with Crippen LogP contribution < -0.4 is 5.32 Å². The molecule has 2 aliphatic heterocycles. The number of carbonyl (C=O) groups is 1. The van der Waals surface area contributed by atoms with Gasteiger partial charge in [-0.3, -0.25) is 9.69 Å². The smallest absolute Gasteiger partial charge is 0.251 e. The van der Waals surface area contributed by atoms with Crippen molar-refractivity contribution in [3.8, 4) is 6.07 Å². The predicted molar refractivity (Wildman–Crippen MR) is 121 cm³/mol. The topological polar surface area (TPSA) is 94.4 Å². The summed E-state index contributed by atoms with van der Waals surface area (Å²) in [6.45, 7) is 4.25. The van der Waals surface area contributed by atoms with E-state index in [1.165, 1.54) is 0 Å². The Labute approximate surface area is 188 Å². The minimum Gasteiger partial charge on any atom is -0.368 e. The maximum absolute atomic E-state index is 12.6. The van der Waals surface area contributed by atoms with Crippen molar-refractivity contribution in [1.82, 2.24) is 19.8 Å². The number of rotatable bonds is 4. The molecule has 8 heteroatoms. The Kier molecular flexibility index (Phi) is 6.19. The fraction of sp³-hybridized carbons (Fsp3) is 0.583. The number of ether oxygens (including phenoxy) is 1. The first-order valence-electron chi connectivity index (χ1n) is 11.8. The van der Waals surface area contributed by atoms with E-state index >= 15 is 0 Å². The highest BCUT2D eigenvalue weighted by atomic mass is 16.5. The monoisotopic (exact) mass is 434 g/mol. The molecule has 1 aromatic heterocycles. The maximum Gasteiger partial charge on any atom is 0.251 e. The molecular weight excluding hydrogens is 404 g/mol. The maximum atomic E-state index is 12.6. The Hall–Kier alpha value is -2.76. The molecule has 1 aliphatic carbocycles. The van der Waals surface area contributed by atoms with Gasteiger partial charge in [0.1, 0.15) is 18.2 Å². The van der Waals surface area contributed by atoms with Crippen molar-refractivity contribution < 1.29 is 9.53 Å². The van der Waals surface area contributed by atoms with E-state index in [1.807, 2.05) is 17.0 Å². The third-order valence-electron chi connectivity index (χ3n) is 7.15. The first kappa shape index (κ1) is 21.1. The number of hydrogen-bond donors (Lipinski definition) is 1. The molecule has 1 N–H and O–H groups in total. The van der Waals surface area contributed by atoms with Crippen molar-refractivity contribution in [2.75, 3.05) is 38.1 Å². The lowest BCUT2D eigenvalue weighted by Crippen LogP contribution is -2.54. The minimum atomic E-state index is -0.204. The number of nitrogens with zero attached hydrogens (tertiary/aromatic N) is 5. The number of nitrogens with one attached hydrogen (secondary N) is 1. The summed E-state index contributed by atoms with van der Waals surface area (Å²) in [5, 5.41) is 13.7. The Balaban J connectivity index is 1.13. The second-order valence-electron chi connectivity index (χ2n) is 9.08. The van der Waals surface area contributed by atoms with E-state index in [0.29, 0.717) is 17.6 Å². The number of hydrogen-bond acceptors (Lipinski definition) is 7. The van der Waals surface area contributed by atoms with Crippen molar-refractivity contribution >= 4 is 22.6 Å². The number of amides is 1. The summed E-state index contributed by atoms with van der Waals surface area (Å²) in [5.41, 5.74) is 1.47. The second-order valence-corrected chi connectivity index (χ2v) is 9.08. The standard InChI is InChI=1S/C24H30N6O2/c25-15-17-3-8-21-20(14-17)23(27-16-26-21)28-18-4-6-19(7-5-18)29-9-11-30(12-10-29)24(31)22-2-1-13-32-22/h3,8,14,16,18-19,22H,1-2,4-7,9-13H2,(H,26,27,28)/t18?,19?,22-/m0/s1. The number of piperazine rings is 1. The molecule has 1 saturated carbocycles. The molecule has 32 heavy (non-hydrogen) atoms. The molecule has 3 aliphatic rings. The van der Waals surface area contributed by atoms with Crippen LogP contribution in [0.3, 0.4) is 0 Å². The van der Waals surface area contributed by atoms with Gasteiger partial charge in [-0.05, 0) is 56.7 Å². The van der Waals surface area contributed by atoms with E-state index in [2.05, 4.69) is 26.3 Å². The Morgan fingerprint density at radius 3 is 2.62 bits per heavy atom. The molecule has 0 unspecified atom stereocenters. The summed E-state index contributed by atoms with van der Waals surface area (Å²) in [6.07, 6.45) is 7.71. The number of carbonyl (C=O) groups excluding carboxylic acids is 1. The molecular formula is C24H30N6O2. The lowest BCUT2D eigenvalue weighted by atomic mass is 9.89. The average molecular weight is 435 g/mol. The number of aromatic nitrogens is 2. The number of nitriles is 1. The van der Waals surface area contributed by atoms with Crippen molar-refractivity contribution in [3.05, 3.63) is 30.1 Å². The van der Waals surface area contributed by atoms with Crippen LogP contribution in [-0.4, -0.2) is 76.6 Å². The molecule has 3 heterocycles. The Morgan fingerprint density at radius 1 is 1.09 bits per heavy atom. The lowest BCUT2D eigenvalue weighted by Gasteiger charge is -2.42. The third kappa shape index (κ3) is 4.41. The summed E-state index contributed by atoms with van der Waals surface area (Å²) >= 11 is 0. The van der Waals surface area contributed by atoms with Crippen LogP contribution >= 0.6 is 0 Å².